The van der Waals surface area contributed by atoms with Gasteiger partial charge in [-0.3, -0.25) is 0 Å². The summed E-state index contributed by atoms with van der Waals surface area (Å²) < 4.78 is 0. The fourth-order valence-electron chi connectivity index (χ4n) is 3.72. The summed E-state index contributed by atoms with van der Waals surface area (Å²) in [4.78, 5) is 0. The van der Waals surface area contributed by atoms with Crippen LogP contribution in [0.3, 0.4) is 0 Å². The molecular formula is C27H30. The zero-order valence-corrected chi connectivity index (χ0v) is 16.9. The van der Waals surface area contributed by atoms with Crippen LogP contribution in [-0.2, 0) is 6.42 Å². The molecule has 0 heterocycles. The Labute approximate surface area is 165 Å². The number of rotatable bonds is 5. The van der Waals surface area contributed by atoms with Gasteiger partial charge in [-0.2, -0.15) is 0 Å². The molecule has 1 aliphatic carbocycles. The molecule has 0 aliphatic heterocycles. The standard InChI is InChI=1S/C27H30/c1-4-6-10-23-13-15-24(16-14-23)17-19-27(5-2)20-18-26(22(3)21-27)25-11-8-7-9-12-25/h7-9,11-16,18,20H,4-6,10,21H2,1-3H3. The van der Waals surface area contributed by atoms with E-state index >= 15 is 0 Å². The summed E-state index contributed by atoms with van der Waals surface area (Å²) in [5.74, 6) is 7.04. The second-order valence-electron chi connectivity index (χ2n) is 7.63. The van der Waals surface area contributed by atoms with E-state index in [1.54, 1.807) is 0 Å². The number of allylic oxidation sites excluding steroid dienone is 4. The molecule has 2 aromatic rings. The van der Waals surface area contributed by atoms with Crippen LogP contribution in [0.2, 0.25) is 0 Å². The lowest BCUT2D eigenvalue weighted by atomic mass is 9.74. The second kappa shape index (κ2) is 8.92. The minimum Gasteiger partial charge on any atom is -0.0866 e. The van der Waals surface area contributed by atoms with Crippen molar-refractivity contribution in [1.82, 2.24) is 0 Å². The molecule has 3 rings (SSSR count). The fourth-order valence-corrected chi connectivity index (χ4v) is 3.72. The van der Waals surface area contributed by atoms with Gasteiger partial charge in [0.25, 0.3) is 0 Å². The van der Waals surface area contributed by atoms with E-state index in [-0.39, 0.29) is 5.41 Å². The first kappa shape index (κ1) is 19.2. The molecule has 0 fully saturated rings. The van der Waals surface area contributed by atoms with Gasteiger partial charge >= 0.3 is 0 Å². The van der Waals surface area contributed by atoms with Gasteiger partial charge in [-0.15, -0.1) is 0 Å². The Balaban J connectivity index is 1.78. The summed E-state index contributed by atoms with van der Waals surface area (Å²) >= 11 is 0. The molecule has 1 atom stereocenters. The van der Waals surface area contributed by atoms with E-state index in [0.29, 0.717) is 0 Å². The average molecular weight is 355 g/mol. The Morgan fingerprint density at radius 1 is 0.963 bits per heavy atom. The van der Waals surface area contributed by atoms with Gasteiger partial charge < -0.3 is 0 Å². The molecule has 0 radical (unpaired) electrons. The van der Waals surface area contributed by atoms with Gasteiger partial charge in [0.2, 0.25) is 0 Å². The van der Waals surface area contributed by atoms with Crippen LogP contribution in [0.5, 0.6) is 0 Å². The summed E-state index contributed by atoms with van der Waals surface area (Å²) in [6, 6.07) is 19.5. The molecule has 1 unspecified atom stereocenters. The maximum Gasteiger partial charge on any atom is 0.0535 e. The summed E-state index contributed by atoms with van der Waals surface area (Å²) in [5.41, 5.74) is 6.55. The van der Waals surface area contributed by atoms with E-state index in [0.717, 1.165) is 24.8 Å². The molecule has 2 aromatic carbocycles. The Morgan fingerprint density at radius 3 is 2.33 bits per heavy atom. The Kier molecular flexibility index (Phi) is 6.36. The van der Waals surface area contributed by atoms with Gasteiger partial charge in [0, 0.05) is 5.56 Å². The molecule has 138 valence electrons. The lowest BCUT2D eigenvalue weighted by Gasteiger charge is -2.29. The molecule has 0 heteroatoms. The van der Waals surface area contributed by atoms with Crippen molar-refractivity contribution >= 4 is 5.57 Å². The molecule has 0 N–H and O–H groups in total. The number of unbranched alkanes of at least 4 members (excludes halogenated alkanes) is 1. The van der Waals surface area contributed by atoms with Crippen molar-refractivity contribution < 1.29 is 0 Å². The Bertz CT molecular complexity index is 869. The molecule has 0 saturated carbocycles. The predicted octanol–water partition coefficient (Wildman–Crippen LogP) is 7.21. The number of hydrogen-bond donors (Lipinski definition) is 0. The SMILES string of the molecule is CCCCc1ccc(C#CC2(CC)C=CC(c3ccccc3)=C(C)C2)cc1. The summed E-state index contributed by atoms with van der Waals surface area (Å²) in [6.45, 7) is 6.73. The minimum atomic E-state index is -0.0523. The van der Waals surface area contributed by atoms with Crippen LogP contribution < -0.4 is 0 Å². The monoisotopic (exact) mass is 354 g/mol. The van der Waals surface area contributed by atoms with Crippen molar-refractivity contribution in [2.75, 3.05) is 0 Å². The molecule has 27 heavy (non-hydrogen) atoms. The van der Waals surface area contributed by atoms with Gasteiger partial charge in [0.15, 0.2) is 0 Å². The van der Waals surface area contributed by atoms with Gasteiger partial charge in [0.05, 0.1) is 5.41 Å². The van der Waals surface area contributed by atoms with Crippen molar-refractivity contribution in [3.63, 3.8) is 0 Å². The maximum absolute atomic E-state index is 3.60. The molecule has 0 nitrogen and oxygen atoms in total. The molecule has 0 saturated heterocycles. The molecular weight excluding hydrogens is 324 g/mol. The van der Waals surface area contributed by atoms with Crippen molar-refractivity contribution in [3.05, 3.63) is 89.0 Å². The third-order valence-electron chi connectivity index (χ3n) is 5.55. The van der Waals surface area contributed by atoms with Crippen LogP contribution in [0.4, 0.5) is 0 Å². The van der Waals surface area contributed by atoms with E-state index in [2.05, 4.69) is 99.4 Å². The van der Waals surface area contributed by atoms with Gasteiger partial charge in [-0.1, -0.05) is 92.3 Å². The van der Waals surface area contributed by atoms with Crippen LogP contribution in [0.1, 0.15) is 63.1 Å². The predicted molar refractivity (Wildman–Crippen MR) is 117 cm³/mol. The van der Waals surface area contributed by atoms with E-state index in [1.807, 2.05) is 0 Å². The lowest BCUT2D eigenvalue weighted by molar-refractivity contribution is 0.486. The van der Waals surface area contributed by atoms with Gasteiger partial charge in [-0.25, -0.2) is 0 Å². The summed E-state index contributed by atoms with van der Waals surface area (Å²) in [5, 5.41) is 0. The smallest absolute Gasteiger partial charge is 0.0535 e. The van der Waals surface area contributed by atoms with Crippen LogP contribution in [-0.4, -0.2) is 0 Å². The Hall–Kier alpha value is -2.52. The molecule has 0 aromatic heterocycles. The number of benzene rings is 2. The first-order valence-electron chi connectivity index (χ1n) is 10.2. The van der Waals surface area contributed by atoms with Crippen LogP contribution in [0.25, 0.3) is 5.57 Å². The normalized spacial score (nSPS) is 18.9. The molecule has 1 aliphatic rings. The average Bonchev–Trinajstić information content (AvgIpc) is 2.72. The zero-order valence-electron chi connectivity index (χ0n) is 16.9. The fraction of sp³-hybridized carbons (Fsp3) is 0.333. The first-order valence-corrected chi connectivity index (χ1v) is 10.2. The lowest BCUT2D eigenvalue weighted by Crippen LogP contribution is -2.18. The van der Waals surface area contributed by atoms with Crippen molar-refractivity contribution in [3.8, 4) is 11.8 Å². The maximum atomic E-state index is 3.60. The van der Waals surface area contributed by atoms with Gasteiger partial charge in [-0.05, 0) is 61.4 Å². The first-order chi connectivity index (χ1) is 13.2. The summed E-state index contributed by atoms with van der Waals surface area (Å²) in [6.07, 6.45) is 10.3. The van der Waals surface area contributed by atoms with E-state index < -0.39 is 0 Å². The number of hydrogen-bond acceptors (Lipinski definition) is 0. The summed E-state index contributed by atoms with van der Waals surface area (Å²) in [7, 11) is 0. The van der Waals surface area contributed by atoms with E-state index in [1.165, 1.54) is 35.1 Å². The van der Waals surface area contributed by atoms with Gasteiger partial charge in [0.1, 0.15) is 0 Å². The Morgan fingerprint density at radius 2 is 1.70 bits per heavy atom. The second-order valence-corrected chi connectivity index (χ2v) is 7.63. The van der Waals surface area contributed by atoms with Crippen LogP contribution in [0.15, 0.2) is 72.3 Å². The van der Waals surface area contributed by atoms with Crippen LogP contribution >= 0.6 is 0 Å². The zero-order chi connectivity index (χ0) is 19.1. The molecule has 0 bridgehead atoms. The van der Waals surface area contributed by atoms with E-state index in [9.17, 15) is 0 Å². The van der Waals surface area contributed by atoms with Crippen LogP contribution in [0, 0.1) is 17.3 Å². The highest BCUT2D eigenvalue weighted by atomic mass is 14.3. The highest BCUT2D eigenvalue weighted by Gasteiger charge is 2.27. The topological polar surface area (TPSA) is 0 Å². The largest absolute Gasteiger partial charge is 0.0866 e. The highest BCUT2D eigenvalue weighted by Crippen LogP contribution is 2.39. The minimum absolute atomic E-state index is 0.0523. The van der Waals surface area contributed by atoms with Crippen molar-refractivity contribution in [2.24, 2.45) is 5.41 Å². The quantitative estimate of drug-likeness (QED) is 0.498. The van der Waals surface area contributed by atoms with Crippen molar-refractivity contribution in [1.29, 1.82) is 0 Å². The third kappa shape index (κ3) is 4.81. The third-order valence-corrected chi connectivity index (χ3v) is 5.55. The highest BCUT2D eigenvalue weighted by molar-refractivity contribution is 5.78. The number of aryl methyl sites for hydroxylation is 1. The molecule has 0 spiro atoms. The molecule has 0 amide bonds. The van der Waals surface area contributed by atoms with Crippen molar-refractivity contribution in [2.45, 2.75) is 52.9 Å². The van der Waals surface area contributed by atoms with E-state index in [4.69, 9.17) is 0 Å².